The van der Waals surface area contributed by atoms with Crippen LogP contribution in [0.2, 0.25) is 0 Å². The minimum atomic E-state index is -0.676. The van der Waals surface area contributed by atoms with Gasteiger partial charge in [0, 0.05) is 24.6 Å². The van der Waals surface area contributed by atoms with Crippen LogP contribution in [0.5, 0.6) is 5.75 Å². The number of hydrogen-bond acceptors (Lipinski definition) is 6. The molecule has 1 aliphatic rings. The topological polar surface area (TPSA) is 84.4 Å². The lowest BCUT2D eigenvalue weighted by Gasteiger charge is -2.16. The molecule has 2 aromatic carbocycles. The molecular formula is C23H24N4O3S. The molecule has 1 aliphatic heterocycles. The average molecular weight is 437 g/mol. The number of rotatable bonds is 7. The summed E-state index contributed by atoms with van der Waals surface area (Å²) in [5.74, 6) is 0.353. The molecule has 2 unspecified atom stereocenters. The molecule has 1 saturated heterocycles. The molecule has 4 rings (SSSR count). The number of carbonyl (C=O) groups excluding carboxylic acids is 2. The van der Waals surface area contributed by atoms with Crippen molar-refractivity contribution < 1.29 is 14.3 Å². The fraction of sp³-hybridized carbons (Fsp3) is 0.304. The minimum absolute atomic E-state index is 0.0421. The number of nitrogens with one attached hydrogen (secondary N) is 1. The summed E-state index contributed by atoms with van der Waals surface area (Å²) in [5.41, 5.74) is 2.14. The van der Waals surface area contributed by atoms with E-state index in [2.05, 4.69) is 22.4 Å². The highest BCUT2D eigenvalue weighted by Crippen LogP contribution is 2.34. The molecule has 8 heteroatoms. The highest BCUT2D eigenvalue weighted by atomic mass is 32.1. The Kier molecular flexibility index (Phi) is 6.27. The Morgan fingerprint density at radius 3 is 2.65 bits per heavy atom. The number of carbonyl (C=O) groups is 2. The van der Waals surface area contributed by atoms with Crippen LogP contribution in [0.15, 0.2) is 54.6 Å². The third kappa shape index (κ3) is 4.91. The monoisotopic (exact) mass is 436 g/mol. The number of aryl methyl sites for hydroxylation is 1. The first-order valence-corrected chi connectivity index (χ1v) is 11.1. The fourth-order valence-electron chi connectivity index (χ4n) is 3.45. The molecule has 7 nitrogen and oxygen atoms in total. The van der Waals surface area contributed by atoms with Gasteiger partial charge in [-0.25, -0.2) is 0 Å². The van der Waals surface area contributed by atoms with E-state index in [9.17, 15) is 9.59 Å². The number of nitrogens with zero attached hydrogens (tertiary/aromatic N) is 3. The minimum Gasteiger partial charge on any atom is -0.481 e. The number of aromatic nitrogens is 2. The zero-order chi connectivity index (χ0) is 21.8. The molecule has 31 heavy (non-hydrogen) atoms. The Morgan fingerprint density at radius 1 is 1.19 bits per heavy atom. The van der Waals surface area contributed by atoms with Crippen LogP contribution in [0.4, 0.5) is 10.8 Å². The lowest BCUT2D eigenvalue weighted by molar-refractivity contribution is -0.122. The molecule has 2 heterocycles. The van der Waals surface area contributed by atoms with Crippen LogP contribution < -0.4 is 15.0 Å². The van der Waals surface area contributed by atoms with E-state index in [1.54, 1.807) is 24.0 Å². The number of anilines is 2. The van der Waals surface area contributed by atoms with Crippen molar-refractivity contribution in [2.75, 3.05) is 16.8 Å². The average Bonchev–Trinajstić information content (AvgIpc) is 3.41. The largest absolute Gasteiger partial charge is 0.481 e. The third-order valence-electron chi connectivity index (χ3n) is 5.23. The summed E-state index contributed by atoms with van der Waals surface area (Å²) < 4.78 is 5.64. The normalized spacial score (nSPS) is 16.9. The Hall–Kier alpha value is -3.26. The van der Waals surface area contributed by atoms with E-state index in [0.717, 1.165) is 17.1 Å². The van der Waals surface area contributed by atoms with Crippen LogP contribution in [0, 0.1) is 0 Å². The van der Waals surface area contributed by atoms with Crippen molar-refractivity contribution in [1.29, 1.82) is 0 Å². The van der Waals surface area contributed by atoms with Crippen molar-refractivity contribution in [3.8, 4) is 5.75 Å². The molecule has 160 valence electrons. The summed E-state index contributed by atoms with van der Waals surface area (Å²) in [5, 5.41) is 12.2. The molecule has 2 atom stereocenters. The summed E-state index contributed by atoms with van der Waals surface area (Å²) in [4.78, 5) is 26.8. The summed E-state index contributed by atoms with van der Waals surface area (Å²) in [6.45, 7) is 4.34. The predicted molar refractivity (Wildman–Crippen MR) is 121 cm³/mol. The van der Waals surface area contributed by atoms with Crippen molar-refractivity contribution in [2.24, 2.45) is 0 Å². The van der Waals surface area contributed by atoms with Gasteiger partial charge < -0.3 is 9.64 Å². The smallest absolute Gasteiger partial charge is 0.266 e. The zero-order valence-electron chi connectivity index (χ0n) is 17.4. The van der Waals surface area contributed by atoms with Gasteiger partial charge in [0.2, 0.25) is 11.0 Å². The van der Waals surface area contributed by atoms with Crippen LogP contribution in [0.25, 0.3) is 0 Å². The highest BCUT2D eigenvalue weighted by Gasteiger charge is 2.34. The Labute approximate surface area is 185 Å². The highest BCUT2D eigenvalue weighted by molar-refractivity contribution is 7.15. The van der Waals surface area contributed by atoms with Gasteiger partial charge in [-0.1, -0.05) is 48.6 Å². The third-order valence-corrected chi connectivity index (χ3v) is 6.23. The summed E-state index contributed by atoms with van der Waals surface area (Å²) in [6.07, 6.45) is 0.668. The van der Waals surface area contributed by atoms with Crippen LogP contribution in [0.3, 0.4) is 0 Å². The van der Waals surface area contributed by atoms with E-state index >= 15 is 0 Å². The molecule has 1 N–H and O–H groups in total. The summed E-state index contributed by atoms with van der Waals surface area (Å²) in [6, 6.07) is 17.2. The first-order chi connectivity index (χ1) is 15.0. The molecule has 0 aliphatic carbocycles. The standard InChI is InChI=1S/C23H24N4O3S/c1-3-16-9-11-18(12-10-16)27-14-17(13-20(27)28)22-25-26-23(31-22)24-21(29)15(2)30-19-7-5-4-6-8-19/h4-12,15,17H,3,13-14H2,1-2H3,(H,24,26,29). The van der Waals surface area contributed by atoms with E-state index in [1.165, 1.54) is 16.9 Å². The number of amides is 2. The van der Waals surface area contributed by atoms with Crippen molar-refractivity contribution in [1.82, 2.24) is 10.2 Å². The van der Waals surface area contributed by atoms with Crippen molar-refractivity contribution in [3.63, 3.8) is 0 Å². The molecule has 1 aromatic heterocycles. The molecule has 0 spiro atoms. The Balaban J connectivity index is 1.37. The van der Waals surface area contributed by atoms with Gasteiger partial charge in [0.25, 0.3) is 5.91 Å². The second-order valence-corrected chi connectivity index (χ2v) is 8.44. The quantitative estimate of drug-likeness (QED) is 0.605. The van der Waals surface area contributed by atoms with E-state index in [-0.39, 0.29) is 17.7 Å². The van der Waals surface area contributed by atoms with Crippen LogP contribution in [-0.2, 0) is 16.0 Å². The van der Waals surface area contributed by atoms with Crippen molar-refractivity contribution in [2.45, 2.75) is 38.7 Å². The van der Waals surface area contributed by atoms with Crippen LogP contribution in [0.1, 0.15) is 36.8 Å². The SMILES string of the molecule is CCc1ccc(N2CC(c3nnc(NC(=O)C(C)Oc4ccccc4)s3)CC2=O)cc1. The maximum atomic E-state index is 12.6. The van der Waals surface area contributed by atoms with Gasteiger partial charge >= 0.3 is 0 Å². The lowest BCUT2D eigenvalue weighted by atomic mass is 10.1. The van der Waals surface area contributed by atoms with Crippen molar-refractivity contribution in [3.05, 3.63) is 65.2 Å². The molecule has 2 amide bonds. The molecule has 0 bridgehead atoms. The fourth-order valence-corrected chi connectivity index (χ4v) is 4.29. The first-order valence-electron chi connectivity index (χ1n) is 10.3. The maximum absolute atomic E-state index is 12.6. The zero-order valence-corrected chi connectivity index (χ0v) is 18.3. The van der Waals surface area contributed by atoms with Gasteiger partial charge in [-0.15, -0.1) is 10.2 Å². The molecule has 0 saturated carbocycles. The van der Waals surface area contributed by atoms with E-state index in [4.69, 9.17) is 4.74 Å². The number of hydrogen-bond donors (Lipinski definition) is 1. The number of benzene rings is 2. The molecule has 3 aromatic rings. The van der Waals surface area contributed by atoms with Crippen LogP contribution >= 0.6 is 11.3 Å². The van der Waals surface area contributed by atoms with Crippen LogP contribution in [-0.4, -0.2) is 34.7 Å². The molecule has 1 fully saturated rings. The van der Waals surface area contributed by atoms with E-state index in [1.807, 2.05) is 42.5 Å². The second kappa shape index (κ2) is 9.26. The van der Waals surface area contributed by atoms with Gasteiger partial charge in [-0.2, -0.15) is 0 Å². The summed E-state index contributed by atoms with van der Waals surface area (Å²) in [7, 11) is 0. The van der Waals surface area contributed by atoms with E-state index in [0.29, 0.717) is 23.8 Å². The molecular weight excluding hydrogens is 412 g/mol. The first kappa shape index (κ1) is 21.0. The van der Waals surface area contributed by atoms with Crippen molar-refractivity contribution >= 4 is 34.0 Å². The second-order valence-electron chi connectivity index (χ2n) is 7.43. The van der Waals surface area contributed by atoms with Gasteiger partial charge in [0.1, 0.15) is 10.8 Å². The van der Waals surface area contributed by atoms with Gasteiger partial charge in [0.05, 0.1) is 0 Å². The van der Waals surface area contributed by atoms with Gasteiger partial charge in [-0.05, 0) is 43.2 Å². The van der Waals surface area contributed by atoms with Gasteiger partial charge in [0.15, 0.2) is 6.10 Å². The van der Waals surface area contributed by atoms with E-state index < -0.39 is 6.10 Å². The maximum Gasteiger partial charge on any atom is 0.266 e. The Bertz CT molecular complexity index is 1050. The lowest BCUT2D eigenvalue weighted by Crippen LogP contribution is -2.30. The van der Waals surface area contributed by atoms with Gasteiger partial charge in [-0.3, -0.25) is 14.9 Å². The summed E-state index contributed by atoms with van der Waals surface area (Å²) >= 11 is 1.30. The Morgan fingerprint density at radius 2 is 1.94 bits per heavy atom. The number of ether oxygens (including phenoxy) is 1. The molecule has 0 radical (unpaired) electrons. The number of para-hydroxylation sites is 1. The predicted octanol–water partition coefficient (Wildman–Crippen LogP) is 4.03.